The van der Waals surface area contributed by atoms with E-state index in [1.807, 2.05) is 6.07 Å². The first-order valence-corrected chi connectivity index (χ1v) is 6.61. The maximum Gasteiger partial charge on any atom is 0.270 e. The second-order valence-electron chi connectivity index (χ2n) is 3.82. The standard InChI is InChI=1S/C12H9N3O4S/c16-15(17)10-6-7-11(12(8-10)20(18)19)14-13-9-4-2-1-3-5-9/h1-8,11H. The summed E-state index contributed by atoms with van der Waals surface area (Å²) in [5.74, 6) is 0. The maximum absolute atomic E-state index is 11.1. The number of azo groups is 1. The first-order valence-electron chi connectivity index (χ1n) is 5.54. The molecule has 0 saturated heterocycles. The first-order chi connectivity index (χ1) is 9.58. The average molecular weight is 291 g/mol. The van der Waals surface area contributed by atoms with Crippen LogP contribution < -0.4 is 0 Å². The van der Waals surface area contributed by atoms with Gasteiger partial charge in [-0.15, -0.1) is 0 Å². The lowest BCUT2D eigenvalue weighted by Crippen LogP contribution is -2.19. The molecule has 8 heteroatoms. The highest BCUT2D eigenvalue weighted by Crippen LogP contribution is 2.16. The van der Waals surface area contributed by atoms with E-state index in [9.17, 15) is 18.5 Å². The summed E-state index contributed by atoms with van der Waals surface area (Å²) in [4.78, 5) is 9.79. The molecule has 2 rings (SSSR count). The van der Waals surface area contributed by atoms with E-state index in [0.717, 1.165) is 6.08 Å². The second kappa shape index (κ2) is 6.02. The fourth-order valence-corrected chi connectivity index (χ4v) is 2.08. The number of allylic oxidation sites excluding steroid dienone is 1. The van der Waals surface area contributed by atoms with Crippen LogP contribution in [0.25, 0.3) is 0 Å². The molecule has 0 aromatic heterocycles. The van der Waals surface area contributed by atoms with Crippen molar-refractivity contribution in [3.05, 3.63) is 64.4 Å². The van der Waals surface area contributed by atoms with Gasteiger partial charge in [0, 0.05) is 12.2 Å². The van der Waals surface area contributed by atoms with Crippen LogP contribution >= 0.6 is 0 Å². The fraction of sp³-hybridized carbons (Fsp3) is 0.0833. The van der Waals surface area contributed by atoms with Crippen molar-refractivity contribution in [3.63, 3.8) is 0 Å². The summed E-state index contributed by atoms with van der Waals surface area (Å²) in [7, 11) is -2.60. The molecule has 0 bridgehead atoms. The largest absolute Gasteiger partial charge is 0.270 e. The van der Waals surface area contributed by atoms with Crippen molar-refractivity contribution < 1.29 is 13.3 Å². The molecule has 0 heterocycles. The van der Waals surface area contributed by atoms with Gasteiger partial charge < -0.3 is 0 Å². The van der Waals surface area contributed by atoms with E-state index in [1.54, 1.807) is 24.3 Å². The monoisotopic (exact) mass is 291 g/mol. The van der Waals surface area contributed by atoms with Crippen LogP contribution in [-0.2, 0) is 10.3 Å². The molecular formula is C12H9N3O4S. The minimum atomic E-state index is -2.60. The summed E-state index contributed by atoms with van der Waals surface area (Å²) in [6.07, 6.45) is 3.53. The molecule has 0 spiro atoms. The van der Waals surface area contributed by atoms with Gasteiger partial charge in [0.15, 0.2) is 0 Å². The molecule has 1 atom stereocenters. The lowest BCUT2D eigenvalue weighted by atomic mass is 10.1. The van der Waals surface area contributed by atoms with Gasteiger partial charge in [-0.25, -0.2) is 0 Å². The number of nitrogens with zero attached hydrogens (tertiary/aromatic N) is 3. The topological polar surface area (TPSA) is 102 Å². The Morgan fingerprint density at radius 2 is 1.90 bits per heavy atom. The molecular weight excluding hydrogens is 282 g/mol. The smallest absolute Gasteiger partial charge is 0.258 e. The zero-order chi connectivity index (χ0) is 14.5. The Kier molecular flexibility index (Phi) is 4.16. The predicted molar refractivity (Wildman–Crippen MR) is 72.9 cm³/mol. The van der Waals surface area contributed by atoms with Gasteiger partial charge >= 0.3 is 0 Å². The summed E-state index contributed by atoms with van der Waals surface area (Å²) in [6.45, 7) is 0. The van der Waals surface area contributed by atoms with Crippen molar-refractivity contribution in [2.75, 3.05) is 0 Å². The van der Waals surface area contributed by atoms with Crippen molar-refractivity contribution >= 4 is 20.8 Å². The van der Waals surface area contributed by atoms with E-state index in [2.05, 4.69) is 10.2 Å². The molecule has 0 aliphatic heterocycles. The third-order valence-corrected chi connectivity index (χ3v) is 3.23. The summed E-state index contributed by atoms with van der Waals surface area (Å²) < 4.78 is 22.2. The highest BCUT2D eigenvalue weighted by Gasteiger charge is 2.22. The second-order valence-corrected chi connectivity index (χ2v) is 4.76. The Balaban J connectivity index is 2.31. The van der Waals surface area contributed by atoms with E-state index in [1.165, 1.54) is 12.2 Å². The first kappa shape index (κ1) is 13.8. The van der Waals surface area contributed by atoms with Gasteiger partial charge in [0.25, 0.3) is 5.70 Å². The lowest BCUT2D eigenvalue weighted by Gasteiger charge is -2.07. The number of benzene rings is 1. The SMILES string of the molecule is O=[N+]([O-])C1=CC(=S(=O)=O)C(N=Nc2ccccc2)C=C1. The minimum absolute atomic E-state index is 0.182. The van der Waals surface area contributed by atoms with Gasteiger partial charge in [0.05, 0.1) is 10.6 Å². The van der Waals surface area contributed by atoms with Gasteiger partial charge in [0.1, 0.15) is 10.9 Å². The van der Waals surface area contributed by atoms with Gasteiger partial charge in [0.2, 0.25) is 10.3 Å². The van der Waals surface area contributed by atoms with E-state index in [-0.39, 0.29) is 10.6 Å². The van der Waals surface area contributed by atoms with E-state index >= 15 is 0 Å². The Bertz CT molecular complexity index is 740. The highest BCUT2D eigenvalue weighted by atomic mass is 32.2. The van der Waals surface area contributed by atoms with Crippen LogP contribution in [0, 0.1) is 10.1 Å². The fourth-order valence-electron chi connectivity index (χ4n) is 1.54. The Morgan fingerprint density at radius 1 is 1.20 bits per heavy atom. The van der Waals surface area contributed by atoms with Gasteiger partial charge in [-0.05, 0) is 18.2 Å². The van der Waals surface area contributed by atoms with Crippen molar-refractivity contribution in [1.29, 1.82) is 0 Å². The molecule has 0 N–H and O–H groups in total. The number of nitro groups is 1. The Labute approximate surface area is 115 Å². The molecule has 1 aliphatic rings. The average Bonchev–Trinajstić information content (AvgIpc) is 2.45. The van der Waals surface area contributed by atoms with Crippen LogP contribution in [-0.4, -0.2) is 24.2 Å². The normalized spacial score (nSPS) is 18.1. The maximum atomic E-state index is 11.1. The van der Waals surface area contributed by atoms with E-state index < -0.39 is 21.3 Å². The third kappa shape index (κ3) is 3.23. The predicted octanol–water partition coefficient (Wildman–Crippen LogP) is 1.92. The van der Waals surface area contributed by atoms with Crippen LogP contribution in [0.3, 0.4) is 0 Å². The Morgan fingerprint density at radius 3 is 2.50 bits per heavy atom. The van der Waals surface area contributed by atoms with Crippen molar-refractivity contribution in [2.24, 2.45) is 10.2 Å². The molecule has 20 heavy (non-hydrogen) atoms. The molecule has 0 amide bonds. The minimum Gasteiger partial charge on any atom is -0.258 e. The quantitative estimate of drug-likeness (QED) is 0.367. The van der Waals surface area contributed by atoms with E-state index in [0.29, 0.717) is 5.69 Å². The molecule has 102 valence electrons. The van der Waals surface area contributed by atoms with Crippen LogP contribution in [0.5, 0.6) is 0 Å². The molecule has 0 saturated carbocycles. The van der Waals surface area contributed by atoms with Crippen LogP contribution in [0.15, 0.2) is 64.5 Å². The van der Waals surface area contributed by atoms with E-state index in [4.69, 9.17) is 0 Å². The van der Waals surface area contributed by atoms with Crippen molar-refractivity contribution in [3.8, 4) is 0 Å². The van der Waals surface area contributed by atoms with Crippen molar-refractivity contribution in [1.82, 2.24) is 0 Å². The zero-order valence-corrected chi connectivity index (χ0v) is 10.9. The van der Waals surface area contributed by atoms with Gasteiger partial charge in [-0.1, -0.05) is 18.2 Å². The molecule has 1 aromatic carbocycles. The number of rotatable bonds is 3. The Hall–Kier alpha value is -2.61. The van der Waals surface area contributed by atoms with Crippen LogP contribution in [0.2, 0.25) is 0 Å². The summed E-state index contributed by atoms with van der Waals surface area (Å²) in [5.41, 5.74) is 0.274. The molecule has 0 fully saturated rings. The molecule has 0 radical (unpaired) electrons. The molecule has 1 unspecified atom stereocenters. The zero-order valence-electron chi connectivity index (χ0n) is 10.1. The summed E-state index contributed by atoms with van der Waals surface area (Å²) >= 11 is 0. The van der Waals surface area contributed by atoms with Crippen LogP contribution in [0.1, 0.15) is 0 Å². The highest BCUT2D eigenvalue weighted by molar-refractivity contribution is 7.73. The number of hydrogen-bond donors (Lipinski definition) is 0. The third-order valence-electron chi connectivity index (χ3n) is 2.49. The van der Waals surface area contributed by atoms with Crippen molar-refractivity contribution in [2.45, 2.75) is 6.04 Å². The molecule has 1 aliphatic carbocycles. The molecule has 7 nitrogen and oxygen atoms in total. The lowest BCUT2D eigenvalue weighted by molar-refractivity contribution is -0.418. The van der Waals surface area contributed by atoms with Crippen LogP contribution in [0.4, 0.5) is 5.69 Å². The van der Waals surface area contributed by atoms with Gasteiger partial charge in [-0.2, -0.15) is 18.6 Å². The number of hydrogen-bond acceptors (Lipinski definition) is 6. The summed E-state index contributed by atoms with van der Waals surface area (Å²) in [6, 6.07) is 7.93. The summed E-state index contributed by atoms with van der Waals surface area (Å²) in [5, 5.41) is 18.4. The molecule has 1 aromatic rings. The van der Waals surface area contributed by atoms with Gasteiger partial charge in [-0.3, -0.25) is 10.1 Å².